The molecule has 2 amide bonds. The summed E-state index contributed by atoms with van der Waals surface area (Å²) in [6, 6.07) is 4.58. The minimum atomic E-state index is -1.00. The second-order valence-corrected chi connectivity index (χ2v) is 5.60. The van der Waals surface area contributed by atoms with Gasteiger partial charge >= 0.3 is 12.0 Å². The third-order valence-electron chi connectivity index (χ3n) is 2.86. The second kappa shape index (κ2) is 7.79. The van der Waals surface area contributed by atoms with Crippen LogP contribution in [0.25, 0.3) is 0 Å². The van der Waals surface area contributed by atoms with Crippen molar-refractivity contribution in [1.29, 1.82) is 0 Å². The summed E-state index contributed by atoms with van der Waals surface area (Å²) < 4.78 is 0. The van der Waals surface area contributed by atoms with Crippen molar-refractivity contribution in [2.75, 3.05) is 17.3 Å². The van der Waals surface area contributed by atoms with Gasteiger partial charge in [-0.1, -0.05) is 6.07 Å². The predicted molar refractivity (Wildman–Crippen MR) is 82.8 cm³/mol. The van der Waals surface area contributed by atoms with Crippen LogP contribution < -0.4 is 10.6 Å². The van der Waals surface area contributed by atoms with Crippen molar-refractivity contribution in [2.45, 2.75) is 26.3 Å². The first-order valence-electron chi connectivity index (χ1n) is 6.34. The molecular formula is C14H20N2O3S. The molecule has 0 heterocycles. The number of rotatable bonds is 6. The van der Waals surface area contributed by atoms with Crippen LogP contribution in [0.2, 0.25) is 0 Å². The van der Waals surface area contributed by atoms with Crippen molar-refractivity contribution in [1.82, 2.24) is 5.32 Å². The monoisotopic (exact) mass is 296 g/mol. The summed E-state index contributed by atoms with van der Waals surface area (Å²) in [5.74, 6) is -0.0188. The van der Waals surface area contributed by atoms with Gasteiger partial charge in [-0.05, 0) is 50.0 Å². The van der Waals surface area contributed by atoms with Crippen LogP contribution in [0.1, 0.15) is 29.3 Å². The molecule has 0 aliphatic carbocycles. The molecule has 20 heavy (non-hydrogen) atoms. The van der Waals surface area contributed by atoms with Gasteiger partial charge in [-0.2, -0.15) is 11.8 Å². The second-order valence-electron chi connectivity index (χ2n) is 4.62. The smallest absolute Gasteiger partial charge is 0.336 e. The van der Waals surface area contributed by atoms with Crippen molar-refractivity contribution in [3.8, 4) is 0 Å². The summed E-state index contributed by atoms with van der Waals surface area (Å²) in [4.78, 5) is 22.8. The lowest BCUT2D eigenvalue weighted by Crippen LogP contribution is -2.36. The number of urea groups is 1. The van der Waals surface area contributed by atoms with Crippen molar-refractivity contribution in [2.24, 2.45) is 0 Å². The molecule has 0 fully saturated rings. The van der Waals surface area contributed by atoms with Gasteiger partial charge in [0.25, 0.3) is 0 Å². The zero-order valence-corrected chi connectivity index (χ0v) is 12.7. The van der Waals surface area contributed by atoms with E-state index in [9.17, 15) is 9.59 Å². The summed E-state index contributed by atoms with van der Waals surface area (Å²) in [5.41, 5.74) is 1.33. The number of carbonyl (C=O) groups is 2. The van der Waals surface area contributed by atoms with Gasteiger partial charge in [0.15, 0.2) is 0 Å². The number of anilines is 1. The van der Waals surface area contributed by atoms with E-state index in [4.69, 9.17) is 5.11 Å². The Morgan fingerprint density at radius 2 is 2.10 bits per heavy atom. The lowest BCUT2D eigenvalue weighted by atomic mass is 10.1. The molecule has 1 aromatic carbocycles. The molecule has 0 aromatic heterocycles. The summed E-state index contributed by atoms with van der Waals surface area (Å²) in [5, 5.41) is 14.5. The van der Waals surface area contributed by atoms with Crippen LogP contribution in [0.4, 0.5) is 10.5 Å². The Bertz CT molecular complexity index is 491. The summed E-state index contributed by atoms with van der Waals surface area (Å²) >= 11 is 1.73. The van der Waals surface area contributed by atoms with Gasteiger partial charge in [-0.15, -0.1) is 0 Å². The Kier molecular flexibility index (Phi) is 6.38. The number of hydrogen-bond donors (Lipinski definition) is 3. The number of nitrogens with one attached hydrogen (secondary N) is 2. The molecule has 3 N–H and O–H groups in total. The number of amides is 2. The molecule has 110 valence electrons. The Morgan fingerprint density at radius 1 is 1.40 bits per heavy atom. The molecule has 0 aliphatic heterocycles. The van der Waals surface area contributed by atoms with Gasteiger partial charge in [0.2, 0.25) is 0 Å². The van der Waals surface area contributed by atoms with Crippen LogP contribution in [0, 0.1) is 6.92 Å². The first-order valence-corrected chi connectivity index (χ1v) is 7.73. The lowest BCUT2D eigenvalue weighted by Gasteiger charge is -2.14. The molecule has 1 atom stereocenters. The SMILES string of the molecule is CSCCC(C)NC(=O)Nc1ccc(C)c(C(=O)O)c1. The van der Waals surface area contributed by atoms with Gasteiger partial charge in [0.05, 0.1) is 5.56 Å². The molecule has 0 spiro atoms. The predicted octanol–water partition coefficient (Wildman–Crippen LogP) is 2.96. The fraction of sp³-hybridized carbons (Fsp3) is 0.429. The number of thioether (sulfide) groups is 1. The van der Waals surface area contributed by atoms with E-state index >= 15 is 0 Å². The Balaban J connectivity index is 2.62. The normalized spacial score (nSPS) is 11.8. The highest BCUT2D eigenvalue weighted by Crippen LogP contribution is 2.15. The third-order valence-corrected chi connectivity index (χ3v) is 3.50. The van der Waals surface area contributed by atoms with Crippen molar-refractivity contribution in [3.63, 3.8) is 0 Å². The first kappa shape index (κ1) is 16.4. The maximum Gasteiger partial charge on any atom is 0.336 e. The molecule has 1 unspecified atom stereocenters. The molecule has 6 heteroatoms. The average Bonchev–Trinajstić information content (AvgIpc) is 2.38. The molecule has 1 rings (SSSR count). The lowest BCUT2D eigenvalue weighted by molar-refractivity contribution is 0.0696. The molecule has 0 saturated heterocycles. The molecular weight excluding hydrogens is 276 g/mol. The van der Waals surface area contributed by atoms with E-state index in [0.717, 1.165) is 12.2 Å². The Morgan fingerprint density at radius 3 is 2.70 bits per heavy atom. The summed E-state index contributed by atoms with van der Waals surface area (Å²) in [6.45, 7) is 3.66. The Hall–Kier alpha value is -1.69. The molecule has 0 radical (unpaired) electrons. The van der Waals surface area contributed by atoms with Gasteiger partial charge in [-0.3, -0.25) is 0 Å². The minimum absolute atomic E-state index is 0.0758. The number of hydrogen-bond acceptors (Lipinski definition) is 3. The van der Waals surface area contributed by atoms with Crippen molar-refractivity contribution in [3.05, 3.63) is 29.3 Å². The molecule has 0 saturated carbocycles. The average molecular weight is 296 g/mol. The maximum absolute atomic E-state index is 11.8. The quantitative estimate of drug-likeness (QED) is 0.754. The number of aryl methyl sites for hydroxylation is 1. The minimum Gasteiger partial charge on any atom is -0.478 e. The van der Waals surface area contributed by atoms with Crippen LogP contribution >= 0.6 is 11.8 Å². The highest BCUT2D eigenvalue weighted by atomic mass is 32.2. The highest BCUT2D eigenvalue weighted by molar-refractivity contribution is 7.98. The van der Waals surface area contributed by atoms with E-state index in [2.05, 4.69) is 10.6 Å². The van der Waals surface area contributed by atoms with Gasteiger partial charge in [-0.25, -0.2) is 9.59 Å². The molecule has 1 aromatic rings. The summed E-state index contributed by atoms with van der Waals surface area (Å²) in [6.07, 6.45) is 2.91. The van der Waals surface area contributed by atoms with Crippen LogP contribution in [0.15, 0.2) is 18.2 Å². The number of carbonyl (C=O) groups excluding carboxylic acids is 1. The van der Waals surface area contributed by atoms with E-state index in [-0.39, 0.29) is 17.6 Å². The highest BCUT2D eigenvalue weighted by Gasteiger charge is 2.10. The van der Waals surface area contributed by atoms with Crippen LogP contribution in [0.3, 0.4) is 0 Å². The van der Waals surface area contributed by atoms with Gasteiger partial charge in [0, 0.05) is 11.7 Å². The topological polar surface area (TPSA) is 78.4 Å². The van der Waals surface area contributed by atoms with Crippen molar-refractivity contribution < 1.29 is 14.7 Å². The molecule has 0 bridgehead atoms. The van der Waals surface area contributed by atoms with E-state index < -0.39 is 5.97 Å². The first-order chi connectivity index (χ1) is 9.43. The molecule has 0 aliphatic rings. The van der Waals surface area contributed by atoms with Crippen molar-refractivity contribution >= 4 is 29.4 Å². The zero-order valence-electron chi connectivity index (χ0n) is 11.9. The van der Waals surface area contributed by atoms with E-state index in [1.807, 2.05) is 13.2 Å². The standard InChI is InChI=1S/C14H20N2O3S/c1-9-4-5-11(8-12(9)13(17)18)16-14(19)15-10(2)6-7-20-3/h4-5,8,10H,6-7H2,1-3H3,(H,17,18)(H2,15,16,19). The zero-order chi connectivity index (χ0) is 15.1. The fourth-order valence-electron chi connectivity index (χ4n) is 1.69. The van der Waals surface area contributed by atoms with Crippen LogP contribution in [0.5, 0.6) is 0 Å². The number of benzene rings is 1. The number of aromatic carboxylic acids is 1. The third kappa shape index (κ3) is 5.13. The number of carboxylic acid groups (broad SMARTS) is 1. The maximum atomic E-state index is 11.8. The van der Waals surface area contributed by atoms with Gasteiger partial charge < -0.3 is 15.7 Å². The van der Waals surface area contributed by atoms with E-state index in [1.165, 1.54) is 6.07 Å². The number of carboxylic acids is 1. The van der Waals surface area contributed by atoms with E-state index in [0.29, 0.717) is 11.3 Å². The van der Waals surface area contributed by atoms with Crippen LogP contribution in [-0.4, -0.2) is 35.2 Å². The fourth-order valence-corrected chi connectivity index (χ4v) is 2.28. The Labute approximate surface area is 123 Å². The largest absolute Gasteiger partial charge is 0.478 e. The van der Waals surface area contributed by atoms with E-state index in [1.54, 1.807) is 30.8 Å². The van der Waals surface area contributed by atoms with Gasteiger partial charge in [0.1, 0.15) is 0 Å². The molecule has 5 nitrogen and oxygen atoms in total. The summed E-state index contributed by atoms with van der Waals surface area (Å²) in [7, 11) is 0. The van der Waals surface area contributed by atoms with Crippen LogP contribution in [-0.2, 0) is 0 Å².